The Hall–Kier alpha value is -0.140. The van der Waals surface area contributed by atoms with Gasteiger partial charge in [0, 0.05) is 12.3 Å². The molecule has 2 heteroatoms. The van der Waals surface area contributed by atoms with Crippen LogP contribution in [0.4, 0.5) is 8.78 Å². The van der Waals surface area contributed by atoms with Crippen molar-refractivity contribution in [2.75, 3.05) is 0 Å². The highest BCUT2D eigenvalue weighted by Gasteiger charge is 2.48. The third kappa shape index (κ3) is 4.66. The van der Waals surface area contributed by atoms with Crippen LogP contribution in [0.2, 0.25) is 0 Å². The van der Waals surface area contributed by atoms with E-state index >= 15 is 0 Å². The first-order valence-corrected chi connectivity index (χ1v) is 9.44. The van der Waals surface area contributed by atoms with E-state index in [9.17, 15) is 8.78 Å². The molecule has 0 N–H and O–H groups in total. The number of halogens is 2. The van der Waals surface area contributed by atoms with E-state index in [-0.39, 0.29) is 18.3 Å². The Balaban J connectivity index is 1.83. The summed E-state index contributed by atoms with van der Waals surface area (Å²) in [7, 11) is 0. The highest BCUT2D eigenvalue weighted by atomic mass is 19.3. The Bertz CT molecular complexity index is 292. The molecule has 0 aromatic heterocycles. The molecule has 0 nitrogen and oxygen atoms in total. The van der Waals surface area contributed by atoms with Crippen LogP contribution in [-0.2, 0) is 0 Å². The molecule has 0 bridgehead atoms. The monoisotopic (exact) mass is 300 g/mol. The first kappa shape index (κ1) is 17.2. The van der Waals surface area contributed by atoms with Gasteiger partial charge in [0.05, 0.1) is 0 Å². The van der Waals surface area contributed by atoms with E-state index in [0.717, 1.165) is 44.4 Å². The average Bonchev–Trinajstić information content (AvgIpc) is 2.45. The minimum atomic E-state index is -2.39. The molecule has 0 radical (unpaired) electrons. The molecule has 124 valence electrons. The first-order valence-electron chi connectivity index (χ1n) is 9.44. The minimum absolute atomic E-state index is 0.168. The maximum absolute atomic E-state index is 14.5. The maximum Gasteiger partial charge on any atom is 0.251 e. The normalized spacial score (nSPS) is 36.6. The predicted molar refractivity (Wildman–Crippen MR) is 85.7 cm³/mol. The number of hydrogen-bond acceptors (Lipinski definition) is 0. The molecule has 2 rings (SSSR count). The summed E-state index contributed by atoms with van der Waals surface area (Å²) in [4.78, 5) is 0. The van der Waals surface area contributed by atoms with Gasteiger partial charge in [-0.05, 0) is 43.4 Å². The van der Waals surface area contributed by atoms with Crippen molar-refractivity contribution in [3.63, 3.8) is 0 Å². The number of alkyl halides is 2. The van der Waals surface area contributed by atoms with E-state index in [4.69, 9.17) is 0 Å². The summed E-state index contributed by atoms with van der Waals surface area (Å²) in [5.74, 6) is -1.29. The summed E-state index contributed by atoms with van der Waals surface area (Å²) in [6.07, 6.45) is 12.5. The number of rotatable bonds is 6. The van der Waals surface area contributed by atoms with Crippen LogP contribution in [0.3, 0.4) is 0 Å². The fourth-order valence-electron chi connectivity index (χ4n) is 4.87. The van der Waals surface area contributed by atoms with E-state index < -0.39 is 5.92 Å². The third-order valence-electron chi connectivity index (χ3n) is 6.11. The van der Waals surface area contributed by atoms with E-state index in [1.54, 1.807) is 0 Å². The van der Waals surface area contributed by atoms with Crippen molar-refractivity contribution >= 4 is 0 Å². The zero-order chi connectivity index (χ0) is 15.3. The van der Waals surface area contributed by atoms with Crippen LogP contribution >= 0.6 is 0 Å². The van der Waals surface area contributed by atoms with Gasteiger partial charge in [-0.3, -0.25) is 0 Å². The van der Waals surface area contributed by atoms with Gasteiger partial charge in [-0.15, -0.1) is 0 Å². The lowest BCUT2D eigenvalue weighted by atomic mass is 9.66. The lowest BCUT2D eigenvalue weighted by Crippen LogP contribution is -2.41. The molecule has 2 unspecified atom stereocenters. The second kappa shape index (κ2) is 7.92. The molecule has 0 amide bonds. The summed E-state index contributed by atoms with van der Waals surface area (Å²) in [6, 6.07) is 0. The largest absolute Gasteiger partial charge is 0.251 e. The molecular formula is C19H34F2. The lowest BCUT2D eigenvalue weighted by molar-refractivity contribution is -0.128. The van der Waals surface area contributed by atoms with E-state index in [1.807, 2.05) is 0 Å². The molecular weight excluding hydrogens is 266 g/mol. The second-order valence-corrected chi connectivity index (χ2v) is 7.73. The average molecular weight is 300 g/mol. The summed E-state index contributed by atoms with van der Waals surface area (Å²) in [5, 5.41) is 0. The van der Waals surface area contributed by atoms with Gasteiger partial charge in [-0.25, -0.2) is 8.78 Å². The predicted octanol–water partition coefficient (Wildman–Crippen LogP) is 6.83. The molecule has 21 heavy (non-hydrogen) atoms. The SMILES string of the molecule is CCCCC1CCC(C2CCC(CCC)CC2(F)F)CC1. The van der Waals surface area contributed by atoms with E-state index in [1.165, 1.54) is 32.1 Å². The highest BCUT2D eigenvalue weighted by Crippen LogP contribution is 2.50. The van der Waals surface area contributed by atoms with Gasteiger partial charge in [0.15, 0.2) is 0 Å². The lowest BCUT2D eigenvalue weighted by Gasteiger charge is -2.42. The summed E-state index contributed by atoms with van der Waals surface area (Å²) in [5.41, 5.74) is 0. The second-order valence-electron chi connectivity index (χ2n) is 7.73. The van der Waals surface area contributed by atoms with Crippen LogP contribution in [-0.4, -0.2) is 5.92 Å². The standard InChI is InChI=1S/C19H34F2/c1-3-5-7-15-8-11-17(12-9-15)18-13-10-16(6-4-2)14-19(18,20)21/h15-18H,3-14H2,1-2H3. The van der Waals surface area contributed by atoms with Crippen molar-refractivity contribution in [2.24, 2.45) is 23.7 Å². The zero-order valence-electron chi connectivity index (χ0n) is 14.1. The molecule has 0 aliphatic heterocycles. The van der Waals surface area contributed by atoms with Gasteiger partial charge < -0.3 is 0 Å². The smallest absolute Gasteiger partial charge is 0.207 e. The van der Waals surface area contributed by atoms with Gasteiger partial charge in [0.2, 0.25) is 0 Å². The van der Waals surface area contributed by atoms with Gasteiger partial charge in [-0.2, -0.15) is 0 Å². The van der Waals surface area contributed by atoms with Crippen molar-refractivity contribution in [1.82, 2.24) is 0 Å². The Morgan fingerprint density at radius 1 is 0.810 bits per heavy atom. The molecule has 2 atom stereocenters. The van der Waals surface area contributed by atoms with Crippen LogP contribution in [0.25, 0.3) is 0 Å². The van der Waals surface area contributed by atoms with Crippen LogP contribution in [0.1, 0.15) is 90.9 Å². The fourth-order valence-corrected chi connectivity index (χ4v) is 4.87. The van der Waals surface area contributed by atoms with Crippen molar-refractivity contribution in [3.8, 4) is 0 Å². The molecule has 2 fully saturated rings. The number of unbranched alkanes of at least 4 members (excludes halogenated alkanes) is 1. The molecule has 0 saturated heterocycles. The molecule has 0 aromatic rings. The summed E-state index contributed by atoms with van der Waals surface area (Å²) >= 11 is 0. The Morgan fingerprint density at radius 3 is 2.05 bits per heavy atom. The molecule has 2 aliphatic rings. The van der Waals surface area contributed by atoms with Crippen molar-refractivity contribution in [2.45, 2.75) is 96.8 Å². The van der Waals surface area contributed by atoms with E-state index in [2.05, 4.69) is 13.8 Å². The molecule has 2 aliphatic carbocycles. The van der Waals surface area contributed by atoms with Crippen LogP contribution < -0.4 is 0 Å². The Kier molecular flexibility index (Phi) is 6.50. The van der Waals surface area contributed by atoms with E-state index in [0.29, 0.717) is 5.92 Å². The highest BCUT2D eigenvalue weighted by molar-refractivity contribution is 4.91. The fraction of sp³-hybridized carbons (Fsp3) is 1.00. The summed E-state index contributed by atoms with van der Waals surface area (Å²) < 4.78 is 29.1. The maximum atomic E-state index is 14.5. The van der Waals surface area contributed by atoms with Gasteiger partial charge in [0.1, 0.15) is 0 Å². The third-order valence-corrected chi connectivity index (χ3v) is 6.11. The van der Waals surface area contributed by atoms with Crippen LogP contribution in [0.15, 0.2) is 0 Å². The Labute approximate surface area is 130 Å². The summed E-state index contributed by atoms with van der Waals surface area (Å²) in [6.45, 7) is 4.35. The first-order chi connectivity index (χ1) is 10.1. The molecule has 2 saturated carbocycles. The van der Waals surface area contributed by atoms with Gasteiger partial charge >= 0.3 is 0 Å². The van der Waals surface area contributed by atoms with Crippen LogP contribution in [0, 0.1) is 23.7 Å². The van der Waals surface area contributed by atoms with Crippen molar-refractivity contribution < 1.29 is 8.78 Å². The topological polar surface area (TPSA) is 0 Å². The van der Waals surface area contributed by atoms with Crippen LogP contribution in [0.5, 0.6) is 0 Å². The van der Waals surface area contributed by atoms with Crippen molar-refractivity contribution in [3.05, 3.63) is 0 Å². The number of hydrogen-bond donors (Lipinski definition) is 0. The molecule has 0 aromatic carbocycles. The van der Waals surface area contributed by atoms with Gasteiger partial charge in [-0.1, -0.05) is 58.8 Å². The zero-order valence-corrected chi connectivity index (χ0v) is 14.1. The quantitative estimate of drug-likeness (QED) is 0.504. The Morgan fingerprint density at radius 2 is 1.48 bits per heavy atom. The molecule has 0 spiro atoms. The molecule has 0 heterocycles. The van der Waals surface area contributed by atoms with Gasteiger partial charge in [0.25, 0.3) is 5.92 Å². The minimum Gasteiger partial charge on any atom is -0.207 e. The van der Waals surface area contributed by atoms with Crippen molar-refractivity contribution in [1.29, 1.82) is 0 Å².